The Hall–Kier alpha value is 0.270. The van der Waals surface area contributed by atoms with Gasteiger partial charge in [-0.25, -0.2) is 0 Å². The summed E-state index contributed by atoms with van der Waals surface area (Å²) in [5.41, 5.74) is 2.61. The molecule has 0 aromatic heterocycles. The molecule has 0 aliphatic heterocycles. The first-order chi connectivity index (χ1) is 5.83. The number of hydrogen-bond acceptors (Lipinski definition) is 3. The molecule has 66 valence electrons. The molecule has 0 amide bonds. The summed E-state index contributed by atoms with van der Waals surface area (Å²) in [6.45, 7) is 0. The highest BCUT2D eigenvalue weighted by Crippen LogP contribution is 2.27. The molecule has 0 unspecified atom stereocenters. The van der Waals surface area contributed by atoms with Gasteiger partial charge in [0.2, 0.25) is 0 Å². The van der Waals surface area contributed by atoms with E-state index in [0.717, 1.165) is 11.5 Å². The van der Waals surface area contributed by atoms with E-state index in [-0.39, 0.29) is 0 Å². The van der Waals surface area contributed by atoms with Gasteiger partial charge in [-0.2, -0.15) is 25.3 Å². The standard InChI is InChI=1S/C9H12S3/c1-12-9-7(5-10)3-2-4-8(9)6-11/h2-4,10-11H,5-6H2,1H3. The topological polar surface area (TPSA) is 0 Å². The quantitative estimate of drug-likeness (QED) is 0.577. The maximum atomic E-state index is 4.28. The van der Waals surface area contributed by atoms with Gasteiger partial charge < -0.3 is 0 Å². The van der Waals surface area contributed by atoms with E-state index >= 15 is 0 Å². The first kappa shape index (κ1) is 10.4. The lowest BCUT2D eigenvalue weighted by Gasteiger charge is -2.08. The van der Waals surface area contributed by atoms with Crippen LogP contribution in [0, 0.1) is 0 Å². The van der Waals surface area contributed by atoms with E-state index in [0.29, 0.717) is 0 Å². The average molecular weight is 216 g/mol. The monoisotopic (exact) mass is 216 g/mol. The summed E-state index contributed by atoms with van der Waals surface area (Å²) in [7, 11) is 0. The molecule has 3 heteroatoms. The fraction of sp³-hybridized carbons (Fsp3) is 0.333. The van der Waals surface area contributed by atoms with E-state index in [9.17, 15) is 0 Å². The number of rotatable bonds is 3. The lowest BCUT2D eigenvalue weighted by Crippen LogP contribution is -1.89. The van der Waals surface area contributed by atoms with Crippen molar-refractivity contribution >= 4 is 37.0 Å². The predicted molar refractivity (Wildman–Crippen MR) is 63.6 cm³/mol. The molecule has 0 radical (unpaired) electrons. The maximum Gasteiger partial charge on any atom is 0.0165 e. The summed E-state index contributed by atoms with van der Waals surface area (Å²) in [5, 5.41) is 0. The number of thioether (sulfide) groups is 1. The fourth-order valence-electron chi connectivity index (χ4n) is 1.15. The normalized spacial score (nSPS) is 10.2. The Kier molecular flexibility index (Phi) is 4.40. The van der Waals surface area contributed by atoms with Crippen molar-refractivity contribution in [2.75, 3.05) is 6.26 Å². The van der Waals surface area contributed by atoms with Crippen LogP contribution in [0.25, 0.3) is 0 Å². The van der Waals surface area contributed by atoms with Gasteiger partial charge in [-0.05, 0) is 17.4 Å². The smallest absolute Gasteiger partial charge is 0.0165 e. The minimum absolute atomic E-state index is 0.803. The van der Waals surface area contributed by atoms with E-state index in [4.69, 9.17) is 0 Å². The van der Waals surface area contributed by atoms with Crippen LogP contribution < -0.4 is 0 Å². The van der Waals surface area contributed by atoms with Crippen molar-refractivity contribution in [1.82, 2.24) is 0 Å². The Morgan fingerprint density at radius 1 is 1.17 bits per heavy atom. The SMILES string of the molecule is CSc1c(CS)cccc1CS. The van der Waals surface area contributed by atoms with Crippen LogP contribution in [0.15, 0.2) is 23.1 Å². The van der Waals surface area contributed by atoms with Crippen molar-refractivity contribution < 1.29 is 0 Å². The number of benzene rings is 1. The molecule has 0 heterocycles. The molecule has 0 nitrogen and oxygen atoms in total. The molecular weight excluding hydrogens is 204 g/mol. The molecular formula is C9H12S3. The number of thiol groups is 2. The van der Waals surface area contributed by atoms with Crippen LogP contribution in [0.1, 0.15) is 11.1 Å². The van der Waals surface area contributed by atoms with E-state index < -0.39 is 0 Å². The van der Waals surface area contributed by atoms with E-state index in [1.54, 1.807) is 11.8 Å². The third-order valence-corrected chi connectivity index (χ3v) is 3.34. The summed E-state index contributed by atoms with van der Waals surface area (Å²) in [6, 6.07) is 6.30. The van der Waals surface area contributed by atoms with Crippen molar-refractivity contribution in [2.24, 2.45) is 0 Å². The summed E-state index contributed by atoms with van der Waals surface area (Å²) >= 11 is 10.3. The Labute approximate surface area is 89.0 Å². The van der Waals surface area contributed by atoms with E-state index in [1.807, 2.05) is 0 Å². The molecule has 0 saturated heterocycles. The summed E-state index contributed by atoms with van der Waals surface area (Å²) < 4.78 is 0. The molecule has 12 heavy (non-hydrogen) atoms. The second-order valence-electron chi connectivity index (χ2n) is 2.43. The van der Waals surface area contributed by atoms with Gasteiger partial charge in [0.25, 0.3) is 0 Å². The molecule has 1 aromatic carbocycles. The zero-order valence-electron chi connectivity index (χ0n) is 6.95. The molecule has 0 fully saturated rings. The Bertz CT molecular complexity index is 236. The zero-order chi connectivity index (χ0) is 8.97. The van der Waals surface area contributed by atoms with Gasteiger partial charge >= 0.3 is 0 Å². The van der Waals surface area contributed by atoms with Crippen LogP contribution in [-0.2, 0) is 11.5 Å². The van der Waals surface area contributed by atoms with Crippen molar-refractivity contribution in [2.45, 2.75) is 16.4 Å². The van der Waals surface area contributed by atoms with Crippen LogP contribution in [-0.4, -0.2) is 6.26 Å². The molecule has 0 bridgehead atoms. The predicted octanol–water partition coefficient (Wildman–Crippen LogP) is 3.27. The maximum absolute atomic E-state index is 4.28. The van der Waals surface area contributed by atoms with Gasteiger partial charge in [-0.1, -0.05) is 18.2 Å². The molecule has 0 spiro atoms. The molecule has 0 aliphatic rings. The van der Waals surface area contributed by atoms with Gasteiger partial charge in [0, 0.05) is 16.4 Å². The summed E-state index contributed by atoms with van der Waals surface area (Å²) in [5.74, 6) is 1.61. The Morgan fingerprint density at radius 3 is 2.00 bits per heavy atom. The second kappa shape index (κ2) is 5.10. The molecule has 1 rings (SSSR count). The zero-order valence-corrected chi connectivity index (χ0v) is 9.55. The van der Waals surface area contributed by atoms with Crippen molar-refractivity contribution in [1.29, 1.82) is 0 Å². The second-order valence-corrected chi connectivity index (χ2v) is 3.87. The molecule has 1 aromatic rings. The highest BCUT2D eigenvalue weighted by atomic mass is 32.2. The van der Waals surface area contributed by atoms with Crippen LogP contribution in [0.4, 0.5) is 0 Å². The number of hydrogen-bond donors (Lipinski definition) is 2. The van der Waals surface area contributed by atoms with Crippen LogP contribution in [0.3, 0.4) is 0 Å². The highest BCUT2D eigenvalue weighted by molar-refractivity contribution is 7.98. The minimum atomic E-state index is 0.803. The summed E-state index contributed by atoms with van der Waals surface area (Å²) in [6.07, 6.45) is 2.09. The van der Waals surface area contributed by atoms with Gasteiger partial charge in [0.1, 0.15) is 0 Å². The van der Waals surface area contributed by atoms with Crippen LogP contribution in [0.5, 0.6) is 0 Å². The summed E-state index contributed by atoms with van der Waals surface area (Å²) in [4.78, 5) is 1.34. The highest BCUT2D eigenvalue weighted by Gasteiger charge is 2.03. The minimum Gasteiger partial charge on any atom is -0.175 e. The molecule has 0 saturated carbocycles. The third kappa shape index (κ3) is 2.15. The van der Waals surface area contributed by atoms with Gasteiger partial charge in [-0.3, -0.25) is 0 Å². The first-order valence-electron chi connectivity index (χ1n) is 3.70. The van der Waals surface area contributed by atoms with Gasteiger partial charge in [0.05, 0.1) is 0 Å². The average Bonchev–Trinajstić information content (AvgIpc) is 2.16. The molecule has 0 N–H and O–H groups in total. The lowest BCUT2D eigenvalue weighted by atomic mass is 10.1. The van der Waals surface area contributed by atoms with Gasteiger partial charge in [-0.15, -0.1) is 11.8 Å². The fourth-order valence-corrected chi connectivity index (χ4v) is 2.70. The molecule has 0 aliphatic carbocycles. The lowest BCUT2D eigenvalue weighted by molar-refractivity contribution is 1.19. The van der Waals surface area contributed by atoms with Gasteiger partial charge in [0.15, 0.2) is 0 Å². The van der Waals surface area contributed by atoms with E-state index in [2.05, 4.69) is 49.7 Å². The molecule has 0 atom stereocenters. The Balaban J connectivity index is 3.13. The Morgan fingerprint density at radius 2 is 1.67 bits per heavy atom. The van der Waals surface area contributed by atoms with Crippen molar-refractivity contribution in [3.63, 3.8) is 0 Å². The largest absolute Gasteiger partial charge is 0.175 e. The third-order valence-electron chi connectivity index (χ3n) is 1.72. The van der Waals surface area contributed by atoms with Crippen LogP contribution in [0.2, 0.25) is 0 Å². The van der Waals surface area contributed by atoms with E-state index in [1.165, 1.54) is 16.0 Å². The van der Waals surface area contributed by atoms with Crippen molar-refractivity contribution in [3.05, 3.63) is 29.3 Å². The van der Waals surface area contributed by atoms with Crippen LogP contribution >= 0.6 is 37.0 Å². The first-order valence-corrected chi connectivity index (χ1v) is 6.19. The van der Waals surface area contributed by atoms with Crippen molar-refractivity contribution in [3.8, 4) is 0 Å².